The number of hydrogen-bond acceptors (Lipinski definition) is 5. The quantitative estimate of drug-likeness (QED) is 0.750. The van der Waals surface area contributed by atoms with Crippen LogP contribution in [0.2, 0.25) is 5.02 Å². The summed E-state index contributed by atoms with van der Waals surface area (Å²) in [4.78, 5) is 11.1. The summed E-state index contributed by atoms with van der Waals surface area (Å²) in [5, 5.41) is 9.33. The zero-order valence-corrected chi connectivity index (χ0v) is 12.9. The van der Waals surface area contributed by atoms with E-state index < -0.39 is 28.6 Å². The van der Waals surface area contributed by atoms with E-state index >= 15 is 0 Å². The number of carbonyl (C=O) groups excluding carboxylic acids is 1. The number of rotatable bonds is 5. The fourth-order valence-corrected chi connectivity index (χ4v) is 3.05. The van der Waals surface area contributed by atoms with Gasteiger partial charge in [0.15, 0.2) is 0 Å². The van der Waals surface area contributed by atoms with E-state index in [2.05, 4.69) is 20.7 Å². The molecule has 0 heterocycles. The third-order valence-corrected chi connectivity index (χ3v) is 4.85. The zero-order chi connectivity index (χ0) is 14.6. The maximum Gasteiger partial charge on any atom is 0.326 e. The van der Waals surface area contributed by atoms with E-state index in [1.54, 1.807) is 0 Å². The molecule has 0 radical (unpaired) electrons. The molecule has 1 aromatic rings. The van der Waals surface area contributed by atoms with Crippen molar-refractivity contribution in [3.05, 3.63) is 27.7 Å². The van der Waals surface area contributed by atoms with Gasteiger partial charge in [0, 0.05) is 4.47 Å². The van der Waals surface area contributed by atoms with Gasteiger partial charge in [0.05, 0.1) is 23.6 Å². The predicted molar refractivity (Wildman–Crippen MR) is 72.4 cm³/mol. The first-order chi connectivity index (χ1) is 8.81. The number of ether oxygens (including phenoxy) is 1. The summed E-state index contributed by atoms with van der Waals surface area (Å²) >= 11 is 8.86. The second kappa shape index (κ2) is 6.67. The number of benzene rings is 1. The summed E-state index contributed by atoms with van der Waals surface area (Å²) in [6.07, 6.45) is 0. The van der Waals surface area contributed by atoms with E-state index in [-0.39, 0.29) is 4.90 Å². The van der Waals surface area contributed by atoms with Crippen LogP contribution >= 0.6 is 27.5 Å². The highest BCUT2D eigenvalue weighted by molar-refractivity contribution is 9.10. The lowest BCUT2D eigenvalue weighted by Crippen LogP contribution is -2.43. The normalized spacial score (nSPS) is 13.1. The van der Waals surface area contributed by atoms with Crippen LogP contribution in [0.1, 0.15) is 0 Å². The van der Waals surface area contributed by atoms with Crippen LogP contribution in [0.15, 0.2) is 27.6 Å². The Morgan fingerprint density at radius 3 is 2.68 bits per heavy atom. The molecule has 106 valence electrons. The Morgan fingerprint density at radius 2 is 2.21 bits per heavy atom. The molecule has 6 nitrogen and oxygen atoms in total. The average Bonchev–Trinajstić information content (AvgIpc) is 2.38. The minimum Gasteiger partial charge on any atom is -0.468 e. The molecule has 0 aliphatic rings. The molecule has 1 rings (SSSR count). The van der Waals surface area contributed by atoms with E-state index in [0.717, 1.165) is 7.11 Å². The van der Waals surface area contributed by atoms with Gasteiger partial charge in [0.2, 0.25) is 10.0 Å². The molecule has 2 N–H and O–H groups in total. The van der Waals surface area contributed by atoms with E-state index in [1.807, 2.05) is 4.72 Å². The smallest absolute Gasteiger partial charge is 0.326 e. The second-order valence-corrected chi connectivity index (χ2v) is 6.43. The molecule has 9 heteroatoms. The summed E-state index contributed by atoms with van der Waals surface area (Å²) in [5.41, 5.74) is 0. The minimum atomic E-state index is -3.97. The molecule has 0 amide bonds. The van der Waals surface area contributed by atoms with Gasteiger partial charge in [-0.2, -0.15) is 4.72 Å². The van der Waals surface area contributed by atoms with Gasteiger partial charge in [0.1, 0.15) is 6.04 Å². The van der Waals surface area contributed by atoms with Crippen molar-refractivity contribution < 1.29 is 23.1 Å². The van der Waals surface area contributed by atoms with Gasteiger partial charge in [-0.15, -0.1) is 0 Å². The topological polar surface area (TPSA) is 92.7 Å². The number of hydrogen-bond donors (Lipinski definition) is 2. The summed E-state index contributed by atoms with van der Waals surface area (Å²) in [6.45, 7) is -0.708. The van der Waals surface area contributed by atoms with E-state index in [0.29, 0.717) is 9.50 Å². The third kappa shape index (κ3) is 4.15. The van der Waals surface area contributed by atoms with Crippen molar-refractivity contribution in [1.29, 1.82) is 0 Å². The molecule has 0 aliphatic carbocycles. The van der Waals surface area contributed by atoms with Gasteiger partial charge in [-0.25, -0.2) is 8.42 Å². The van der Waals surface area contributed by atoms with E-state index in [4.69, 9.17) is 16.7 Å². The lowest BCUT2D eigenvalue weighted by atomic mass is 10.3. The number of carbonyl (C=O) groups is 1. The van der Waals surface area contributed by atoms with Gasteiger partial charge >= 0.3 is 5.97 Å². The first-order valence-corrected chi connectivity index (χ1v) is 7.63. The molecule has 0 aliphatic heterocycles. The summed E-state index contributed by atoms with van der Waals surface area (Å²) in [6, 6.07) is 2.61. The number of sulfonamides is 1. The standard InChI is InChI=1S/C10H11BrClNO5S/c1-18-10(15)9(5-14)13-19(16,17)6-2-3-8(12)7(11)4-6/h2-4,9,13-14H,5H2,1H3. The fraction of sp³-hybridized carbons (Fsp3) is 0.300. The molecule has 0 fully saturated rings. The number of aliphatic hydroxyl groups is 1. The van der Waals surface area contributed by atoms with Crippen molar-refractivity contribution in [2.24, 2.45) is 0 Å². The Hall–Kier alpha value is -0.670. The van der Waals surface area contributed by atoms with Crippen LogP contribution < -0.4 is 4.72 Å². The van der Waals surface area contributed by atoms with E-state index in [9.17, 15) is 13.2 Å². The van der Waals surface area contributed by atoms with Crippen molar-refractivity contribution in [3.8, 4) is 0 Å². The molecule has 1 aromatic carbocycles. The Bertz CT molecular complexity index is 577. The molecule has 19 heavy (non-hydrogen) atoms. The molecule has 0 saturated heterocycles. The van der Waals surface area contributed by atoms with Crippen LogP contribution in [0.3, 0.4) is 0 Å². The third-order valence-electron chi connectivity index (χ3n) is 2.17. The molecule has 0 bridgehead atoms. The maximum absolute atomic E-state index is 12.0. The largest absolute Gasteiger partial charge is 0.468 e. The van der Waals surface area contributed by atoms with Crippen LogP contribution in [0.4, 0.5) is 0 Å². The summed E-state index contributed by atoms with van der Waals surface area (Å²) < 4.78 is 30.8. The number of methoxy groups -OCH3 is 1. The Labute approximate surface area is 123 Å². The summed E-state index contributed by atoms with van der Waals surface area (Å²) in [5.74, 6) is -0.876. The van der Waals surface area contributed by atoms with Crippen LogP contribution in [-0.2, 0) is 19.6 Å². The number of aliphatic hydroxyl groups excluding tert-OH is 1. The Balaban J connectivity index is 3.03. The van der Waals surface area contributed by atoms with Crippen LogP contribution in [0.25, 0.3) is 0 Å². The molecular weight excluding hydrogens is 362 g/mol. The minimum absolute atomic E-state index is 0.0915. The fourth-order valence-electron chi connectivity index (χ4n) is 1.20. The van der Waals surface area contributed by atoms with Gasteiger partial charge in [-0.05, 0) is 34.1 Å². The number of nitrogens with one attached hydrogen (secondary N) is 1. The van der Waals surface area contributed by atoms with Crippen molar-refractivity contribution in [1.82, 2.24) is 4.72 Å². The lowest BCUT2D eigenvalue weighted by molar-refractivity contribution is -0.143. The molecule has 0 saturated carbocycles. The van der Waals surface area contributed by atoms with Gasteiger partial charge in [-0.3, -0.25) is 4.79 Å². The Morgan fingerprint density at radius 1 is 1.58 bits per heavy atom. The van der Waals surface area contributed by atoms with Gasteiger partial charge in [0.25, 0.3) is 0 Å². The number of halogens is 2. The highest BCUT2D eigenvalue weighted by Crippen LogP contribution is 2.25. The highest BCUT2D eigenvalue weighted by Gasteiger charge is 2.26. The molecule has 0 aromatic heterocycles. The predicted octanol–water partition coefficient (Wildman–Crippen LogP) is 0.915. The molecule has 1 atom stereocenters. The monoisotopic (exact) mass is 371 g/mol. The molecule has 1 unspecified atom stereocenters. The van der Waals surface area contributed by atoms with Crippen LogP contribution in [0.5, 0.6) is 0 Å². The first-order valence-electron chi connectivity index (χ1n) is 4.98. The average molecular weight is 373 g/mol. The van der Waals surface area contributed by atoms with Crippen LogP contribution in [-0.4, -0.2) is 39.3 Å². The van der Waals surface area contributed by atoms with Crippen LogP contribution in [0, 0.1) is 0 Å². The van der Waals surface area contributed by atoms with Crippen molar-refractivity contribution in [2.75, 3.05) is 13.7 Å². The molecular formula is C10H11BrClNO5S. The van der Waals surface area contributed by atoms with Gasteiger partial charge in [-0.1, -0.05) is 11.6 Å². The van der Waals surface area contributed by atoms with E-state index in [1.165, 1.54) is 18.2 Å². The zero-order valence-electron chi connectivity index (χ0n) is 9.76. The second-order valence-electron chi connectivity index (χ2n) is 3.46. The first kappa shape index (κ1) is 16.4. The van der Waals surface area contributed by atoms with Gasteiger partial charge < -0.3 is 9.84 Å². The lowest BCUT2D eigenvalue weighted by Gasteiger charge is -2.14. The van der Waals surface area contributed by atoms with Crippen molar-refractivity contribution >= 4 is 43.5 Å². The Kier molecular flexibility index (Phi) is 5.75. The molecule has 0 spiro atoms. The summed E-state index contributed by atoms with van der Waals surface area (Å²) in [7, 11) is -2.87. The van der Waals surface area contributed by atoms with Crippen molar-refractivity contribution in [2.45, 2.75) is 10.9 Å². The van der Waals surface area contributed by atoms with Crippen molar-refractivity contribution in [3.63, 3.8) is 0 Å². The SMILES string of the molecule is COC(=O)C(CO)NS(=O)(=O)c1ccc(Cl)c(Br)c1. The number of esters is 1. The highest BCUT2D eigenvalue weighted by atomic mass is 79.9. The maximum atomic E-state index is 12.0.